The van der Waals surface area contributed by atoms with Crippen molar-refractivity contribution in [3.8, 4) is 0 Å². The van der Waals surface area contributed by atoms with Crippen LogP contribution in [0.1, 0.15) is 33.4 Å². The lowest BCUT2D eigenvalue weighted by Gasteiger charge is -2.17. The first kappa shape index (κ1) is 14.6. The van der Waals surface area contributed by atoms with Crippen LogP contribution < -0.4 is 11.1 Å². The molecule has 0 aromatic heterocycles. The van der Waals surface area contributed by atoms with Gasteiger partial charge in [0.1, 0.15) is 0 Å². The van der Waals surface area contributed by atoms with Crippen molar-refractivity contribution in [1.29, 1.82) is 0 Å². The van der Waals surface area contributed by atoms with Gasteiger partial charge in [0.2, 0.25) is 0 Å². The molecule has 0 spiro atoms. The number of rotatable bonds is 4. The molecule has 0 aliphatic carbocycles. The van der Waals surface area contributed by atoms with Gasteiger partial charge in [-0.3, -0.25) is 0 Å². The third-order valence-corrected chi connectivity index (χ3v) is 4.06. The van der Waals surface area contributed by atoms with Gasteiger partial charge in [-0.2, -0.15) is 0 Å². The Morgan fingerprint density at radius 1 is 0.900 bits per heavy atom. The van der Waals surface area contributed by atoms with E-state index in [1.165, 1.54) is 39.1 Å². The lowest BCUT2D eigenvalue weighted by atomic mass is 9.98. The average molecular weight is 268 g/mol. The summed E-state index contributed by atoms with van der Waals surface area (Å²) in [6.45, 7) is 10.1. The van der Waals surface area contributed by atoms with Crippen molar-refractivity contribution >= 4 is 5.69 Å². The molecule has 3 N–H and O–H groups in total. The normalized spacial score (nSPS) is 10.7. The molecule has 2 aromatic rings. The average Bonchev–Trinajstić information content (AvgIpc) is 2.45. The molecule has 0 heterocycles. The number of hydrogen-bond acceptors (Lipinski definition) is 2. The summed E-state index contributed by atoms with van der Waals surface area (Å²) < 4.78 is 0. The van der Waals surface area contributed by atoms with Gasteiger partial charge in [-0.15, -0.1) is 0 Å². The largest absolute Gasteiger partial charge is 0.381 e. The Hall–Kier alpha value is -1.80. The van der Waals surface area contributed by atoms with E-state index in [0.717, 1.165) is 6.54 Å². The number of aryl methyl sites for hydroxylation is 2. The molecule has 2 nitrogen and oxygen atoms in total. The van der Waals surface area contributed by atoms with Gasteiger partial charge >= 0.3 is 0 Å². The Kier molecular flexibility index (Phi) is 4.46. The zero-order valence-electron chi connectivity index (χ0n) is 12.9. The first-order chi connectivity index (χ1) is 9.52. The lowest BCUT2D eigenvalue weighted by Crippen LogP contribution is -2.06. The van der Waals surface area contributed by atoms with E-state index in [1.54, 1.807) is 0 Å². The second kappa shape index (κ2) is 6.10. The van der Waals surface area contributed by atoms with Gasteiger partial charge in [-0.1, -0.05) is 30.3 Å². The van der Waals surface area contributed by atoms with Crippen LogP contribution in [0.3, 0.4) is 0 Å². The Balaban J connectivity index is 2.22. The number of nitrogens with two attached hydrogens (primary N) is 1. The van der Waals surface area contributed by atoms with E-state index in [1.807, 2.05) is 0 Å². The third kappa shape index (κ3) is 3.02. The second-order valence-electron chi connectivity index (χ2n) is 5.51. The summed E-state index contributed by atoms with van der Waals surface area (Å²) in [6, 6.07) is 10.7. The Morgan fingerprint density at radius 2 is 1.50 bits per heavy atom. The maximum absolute atomic E-state index is 5.69. The highest BCUT2D eigenvalue weighted by Crippen LogP contribution is 2.27. The van der Waals surface area contributed by atoms with Gasteiger partial charge in [0.25, 0.3) is 0 Å². The molecule has 0 bridgehead atoms. The molecule has 0 aliphatic rings. The summed E-state index contributed by atoms with van der Waals surface area (Å²) in [4.78, 5) is 0. The summed E-state index contributed by atoms with van der Waals surface area (Å²) in [5.41, 5.74) is 14.8. The third-order valence-electron chi connectivity index (χ3n) is 4.06. The number of anilines is 1. The lowest BCUT2D eigenvalue weighted by molar-refractivity contribution is 1.05. The van der Waals surface area contributed by atoms with E-state index in [0.29, 0.717) is 6.54 Å². The van der Waals surface area contributed by atoms with Crippen molar-refractivity contribution in [3.05, 3.63) is 63.7 Å². The monoisotopic (exact) mass is 268 g/mol. The van der Waals surface area contributed by atoms with Crippen LogP contribution in [0.5, 0.6) is 0 Å². The number of hydrogen-bond donors (Lipinski definition) is 2. The van der Waals surface area contributed by atoms with Crippen LogP contribution in [0.4, 0.5) is 5.69 Å². The van der Waals surface area contributed by atoms with E-state index in [-0.39, 0.29) is 0 Å². The number of benzene rings is 2. The molecule has 2 rings (SSSR count). The van der Waals surface area contributed by atoms with E-state index in [4.69, 9.17) is 5.73 Å². The van der Waals surface area contributed by atoms with Gasteiger partial charge in [-0.25, -0.2) is 0 Å². The molecule has 106 valence electrons. The number of nitrogens with one attached hydrogen (secondary N) is 1. The van der Waals surface area contributed by atoms with Crippen LogP contribution in [-0.4, -0.2) is 0 Å². The van der Waals surface area contributed by atoms with E-state index in [9.17, 15) is 0 Å². The van der Waals surface area contributed by atoms with E-state index >= 15 is 0 Å². The van der Waals surface area contributed by atoms with Crippen LogP contribution in [0.2, 0.25) is 0 Å². The highest BCUT2D eigenvalue weighted by Gasteiger charge is 2.08. The minimum absolute atomic E-state index is 0.593. The smallest absolute Gasteiger partial charge is 0.0407 e. The zero-order valence-corrected chi connectivity index (χ0v) is 12.9. The van der Waals surface area contributed by atoms with Crippen LogP contribution >= 0.6 is 0 Å². The Labute approximate surface area is 122 Å². The molecule has 2 aromatic carbocycles. The summed E-state index contributed by atoms with van der Waals surface area (Å²) in [5.74, 6) is 0. The van der Waals surface area contributed by atoms with Crippen molar-refractivity contribution in [3.63, 3.8) is 0 Å². The molecule has 20 heavy (non-hydrogen) atoms. The topological polar surface area (TPSA) is 38.0 Å². The van der Waals surface area contributed by atoms with Gasteiger partial charge in [-0.05, 0) is 61.1 Å². The standard InChI is InChI=1S/C18H24N2/c1-12-8-13(2)15(4)18(14(12)3)20-11-17-7-5-6-16(9-17)10-19/h5-9,20H,10-11,19H2,1-4H3. The fourth-order valence-electron chi connectivity index (χ4n) is 2.54. The van der Waals surface area contributed by atoms with Crippen molar-refractivity contribution < 1.29 is 0 Å². The highest BCUT2D eigenvalue weighted by atomic mass is 14.9. The quantitative estimate of drug-likeness (QED) is 0.880. The Bertz CT molecular complexity index is 589. The fourth-order valence-corrected chi connectivity index (χ4v) is 2.54. The van der Waals surface area contributed by atoms with Crippen LogP contribution in [-0.2, 0) is 13.1 Å². The predicted octanol–water partition coefficient (Wildman–Crippen LogP) is 3.99. The first-order valence-electron chi connectivity index (χ1n) is 7.12. The minimum Gasteiger partial charge on any atom is -0.381 e. The molecule has 0 radical (unpaired) electrons. The van der Waals surface area contributed by atoms with Crippen LogP contribution in [0.15, 0.2) is 30.3 Å². The molecule has 0 atom stereocenters. The maximum Gasteiger partial charge on any atom is 0.0407 e. The van der Waals surface area contributed by atoms with Crippen molar-refractivity contribution in [2.75, 3.05) is 5.32 Å². The van der Waals surface area contributed by atoms with Crippen LogP contribution in [0, 0.1) is 27.7 Å². The van der Waals surface area contributed by atoms with E-state index in [2.05, 4.69) is 63.3 Å². The zero-order chi connectivity index (χ0) is 14.7. The van der Waals surface area contributed by atoms with Gasteiger partial charge in [0, 0.05) is 18.8 Å². The van der Waals surface area contributed by atoms with Gasteiger partial charge in [0.05, 0.1) is 0 Å². The van der Waals surface area contributed by atoms with Crippen molar-refractivity contribution in [2.45, 2.75) is 40.8 Å². The van der Waals surface area contributed by atoms with E-state index < -0.39 is 0 Å². The fraction of sp³-hybridized carbons (Fsp3) is 0.333. The maximum atomic E-state index is 5.69. The van der Waals surface area contributed by atoms with Crippen molar-refractivity contribution in [1.82, 2.24) is 0 Å². The van der Waals surface area contributed by atoms with Crippen molar-refractivity contribution in [2.24, 2.45) is 5.73 Å². The summed E-state index contributed by atoms with van der Waals surface area (Å²) in [7, 11) is 0. The minimum atomic E-state index is 0.593. The summed E-state index contributed by atoms with van der Waals surface area (Å²) >= 11 is 0. The first-order valence-corrected chi connectivity index (χ1v) is 7.12. The molecule has 2 heteroatoms. The van der Waals surface area contributed by atoms with Gasteiger partial charge < -0.3 is 11.1 Å². The molecular weight excluding hydrogens is 244 g/mol. The molecular formula is C18H24N2. The molecule has 0 amide bonds. The highest BCUT2D eigenvalue weighted by molar-refractivity contribution is 5.62. The van der Waals surface area contributed by atoms with Crippen LogP contribution in [0.25, 0.3) is 0 Å². The molecule has 0 saturated carbocycles. The molecule has 0 aliphatic heterocycles. The van der Waals surface area contributed by atoms with Gasteiger partial charge in [0.15, 0.2) is 0 Å². The summed E-state index contributed by atoms with van der Waals surface area (Å²) in [5, 5.41) is 3.59. The molecule has 0 unspecified atom stereocenters. The summed E-state index contributed by atoms with van der Waals surface area (Å²) in [6.07, 6.45) is 0. The predicted molar refractivity (Wildman–Crippen MR) is 87.1 cm³/mol. The second-order valence-corrected chi connectivity index (χ2v) is 5.51. The Morgan fingerprint density at radius 3 is 2.10 bits per heavy atom. The SMILES string of the molecule is Cc1cc(C)c(C)c(NCc2cccc(CN)c2)c1C. The molecule has 0 fully saturated rings. The molecule has 0 saturated heterocycles.